The van der Waals surface area contributed by atoms with Crippen LogP contribution in [-0.4, -0.2) is 23.6 Å². The fourth-order valence-electron chi connectivity index (χ4n) is 5.78. The molecule has 0 radical (unpaired) electrons. The third kappa shape index (κ3) is 9.86. The first-order chi connectivity index (χ1) is 24.3. The Morgan fingerprint density at radius 1 is 0.588 bits per heavy atom. The van der Waals surface area contributed by atoms with Crippen molar-refractivity contribution in [1.29, 1.82) is 0 Å². The van der Waals surface area contributed by atoms with E-state index >= 15 is 0 Å². The van der Waals surface area contributed by atoms with Crippen molar-refractivity contribution >= 4 is 12.0 Å². The predicted molar refractivity (Wildman–Crippen MR) is 201 cm³/mol. The van der Waals surface area contributed by atoms with Gasteiger partial charge in [0.25, 0.3) is 5.91 Å². The van der Waals surface area contributed by atoms with Gasteiger partial charge in [-0.2, -0.15) is 0 Å². The minimum Gasteiger partial charge on any atom is -0.489 e. The minimum absolute atomic E-state index is 0.0866. The van der Waals surface area contributed by atoms with Gasteiger partial charge in [-0.05, 0) is 71.7 Å². The number of alkyl carbamates (subject to hydrolysis) is 1. The SMILES string of the molecule is CC(C)(C)OC(=O)NC(Cc1ccc(OCc2ccc(C(C)(C)C)cc2)cc1)C(=O)NOC(c1ccccc1)(c1ccccc1)c1ccccc1. The van der Waals surface area contributed by atoms with Crippen LogP contribution in [0.1, 0.15) is 74.9 Å². The third-order valence-electron chi connectivity index (χ3n) is 8.44. The molecular weight excluding hydrogens is 636 g/mol. The lowest BCUT2D eigenvalue weighted by atomic mass is 9.80. The second kappa shape index (κ2) is 16.1. The lowest BCUT2D eigenvalue weighted by Gasteiger charge is -2.35. The first-order valence-corrected chi connectivity index (χ1v) is 17.3. The van der Waals surface area contributed by atoms with Crippen molar-refractivity contribution in [2.45, 2.75) is 77.2 Å². The summed E-state index contributed by atoms with van der Waals surface area (Å²) in [4.78, 5) is 33.6. The Labute approximate surface area is 301 Å². The van der Waals surface area contributed by atoms with E-state index in [2.05, 4.69) is 55.8 Å². The van der Waals surface area contributed by atoms with Crippen molar-refractivity contribution in [2.75, 3.05) is 0 Å². The number of carbonyl (C=O) groups is 2. The van der Waals surface area contributed by atoms with E-state index in [0.717, 1.165) is 27.8 Å². The molecule has 0 bridgehead atoms. The molecule has 0 spiro atoms. The number of hydroxylamine groups is 1. The van der Waals surface area contributed by atoms with Crippen molar-refractivity contribution in [3.63, 3.8) is 0 Å². The summed E-state index contributed by atoms with van der Waals surface area (Å²) in [6.45, 7) is 12.3. The van der Waals surface area contributed by atoms with Crippen molar-refractivity contribution in [3.05, 3.63) is 173 Å². The number of ether oxygens (including phenoxy) is 2. The highest BCUT2D eigenvalue weighted by Crippen LogP contribution is 2.39. The van der Waals surface area contributed by atoms with Crippen LogP contribution in [0.25, 0.3) is 0 Å². The number of hydrogen-bond acceptors (Lipinski definition) is 5. The van der Waals surface area contributed by atoms with E-state index < -0.39 is 29.2 Å². The molecule has 2 amide bonds. The average Bonchev–Trinajstić information content (AvgIpc) is 3.11. The predicted octanol–water partition coefficient (Wildman–Crippen LogP) is 9.04. The van der Waals surface area contributed by atoms with Crippen LogP contribution in [0.2, 0.25) is 0 Å². The van der Waals surface area contributed by atoms with Crippen LogP contribution >= 0.6 is 0 Å². The average molecular weight is 685 g/mol. The van der Waals surface area contributed by atoms with E-state index in [1.165, 1.54) is 5.56 Å². The Morgan fingerprint density at radius 2 is 1.06 bits per heavy atom. The van der Waals surface area contributed by atoms with Crippen LogP contribution in [0.3, 0.4) is 0 Å². The molecule has 2 N–H and O–H groups in total. The summed E-state index contributed by atoms with van der Waals surface area (Å²) in [5.41, 5.74) is 6.49. The Hall–Kier alpha value is -5.40. The molecule has 7 heteroatoms. The normalized spacial score (nSPS) is 12.4. The molecule has 0 saturated heterocycles. The van der Waals surface area contributed by atoms with E-state index in [0.29, 0.717) is 12.4 Å². The number of rotatable bonds is 12. The van der Waals surface area contributed by atoms with Crippen molar-refractivity contribution in [1.82, 2.24) is 10.8 Å². The fourth-order valence-corrected chi connectivity index (χ4v) is 5.78. The van der Waals surface area contributed by atoms with Crippen molar-refractivity contribution in [3.8, 4) is 5.75 Å². The van der Waals surface area contributed by atoms with E-state index in [1.807, 2.05) is 115 Å². The van der Waals surface area contributed by atoms with Crippen LogP contribution in [-0.2, 0) is 38.4 Å². The number of benzene rings is 5. The molecular formula is C44H48N2O5. The molecule has 0 fully saturated rings. The molecule has 0 aliphatic heterocycles. The summed E-state index contributed by atoms with van der Waals surface area (Å²) in [7, 11) is 0. The first-order valence-electron chi connectivity index (χ1n) is 17.3. The Bertz CT molecular complexity index is 1750. The lowest BCUT2D eigenvalue weighted by molar-refractivity contribution is -0.145. The van der Waals surface area contributed by atoms with Gasteiger partial charge in [-0.1, -0.05) is 148 Å². The molecule has 0 aromatic heterocycles. The van der Waals surface area contributed by atoms with Crippen LogP contribution in [0.15, 0.2) is 140 Å². The van der Waals surface area contributed by atoms with E-state index in [1.54, 1.807) is 20.8 Å². The molecule has 51 heavy (non-hydrogen) atoms. The van der Waals surface area contributed by atoms with Crippen LogP contribution < -0.4 is 15.5 Å². The summed E-state index contributed by atoms with van der Waals surface area (Å²) in [6, 6.07) is 44.1. The molecule has 0 aliphatic rings. The van der Waals surface area contributed by atoms with Gasteiger partial charge < -0.3 is 14.8 Å². The number of carbonyl (C=O) groups excluding carboxylic acids is 2. The van der Waals surface area contributed by atoms with Crippen LogP contribution in [0.5, 0.6) is 5.75 Å². The standard InChI is InChI=1S/C44H48N2O5/c1-42(2,3)34-26-22-33(23-27-34)31-49-38-28-24-32(25-29-38)30-39(45-41(48)50-43(4,5)6)40(47)46-51-44(35-16-10-7-11-17-35,36-18-12-8-13-19-36)37-20-14-9-15-21-37/h7-29,39H,30-31H2,1-6H3,(H,45,48)(H,46,47). The monoisotopic (exact) mass is 684 g/mol. The van der Waals surface area contributed by atoms with Gasteiger partial charge in [0.2, 0.25) is 0 Å². The van der Waals surface area contributed by atoms with Gasteiger partial charge in [-0.15, -0.1) is 0 Å². The molecule has 0 saturated carbocycles. The summed E-state index contributed by atoms with van der Waals surface area (Å²) >= 11 is 0. The first kappa shape index (κ1) is 36.9. The highest BCUT2D eigenvalue weighted by molar-refractivity contribution is 5.85. The molecule has 264 valence electrons. The zero-order valence-corrected chi connectivity index (χ0v) is 30.3. The summed E-state index contributed by atoms with van der Waals surface area (Å²) < 4.78 is 11.6. The van der Waals surface area contributed by atoms with Gasteiger partial charge >= 0.3 is 6.09 Å². The van der Waals surface area contributed by atoms with E-state index in [4.69, 9.17) is 14.3 Å². The second-order valence-corrected chi connectivity index (χ2v) is 14.6. The molecule has 0 heterocycles. The Balaban J connectivity index is 1.36. The lowest BCUT2D eigenvalue weighted by Crippen LogP contribution is -2.51. The quantitative estimate of drug-likeness (QED) is 0.101. The molecule has 5 aromatic rings. The molecule has 0 aliphatic carbocycles. The third-order valence-corrected chi connectivity index (χ3v) is 8.44. The number of hydrogen-bond donors (Lipinski definition) is 2. The second-order valence-electron chi connectivity index (χ2n) is 14.6. The zero-order chi connectivity index (χ0) is 36.5. The topological polar surface area (TPSA) is 85.9 Å². The van der Waals surface area contributed by atoms with Gasteiger partial charge in [0.1, 0.15) is 24.0 Å². The van der Waals surface area contributed by atoms with Gasteiger partial charge in [0.05, 0.1) is 0 Å². The summed E-state index contributed by atoms with van der Waals surface area (Å²) in [5, 5.41) is 2.77. The highest BCUT2D eigenvalue weighted by atomic mass is 16.7. The zero-order valence-electron chi connectivity index (χ0n) is 30.3. The summed E-state index contributed by atoms with van der Waals surface area (Å²) in [5.74, 6) is 0.161. The molecule has 7 nitrogen and oxygen atoms in total. The van der Waals surface area contributed by atoms with E-state index in [-0.39, 0.29) is 11.8 Å². The highest BCUT2D eigenvalue weighted by Gasteiger charge is 2.40. The number of nitrogens with one attached hydrogen (secondary N) is 2. The summed E-state index contributed by atoms with van der Waals surface area (Å²) in [6.07, 6.45) is -0.529. The van der Waals surface area contributed by atoms with Crippen molar-refractivity contribution < 1.29 is 23.9 Å². The Kier molecular flexibility index (Phi) is 11.6. The van der Waals surface area contributed by atoms with E-state index in [9.17, 15) is 9.59 Å². The van der Waals surface area contributed by atoms with Gasteiger partial charge in [0, 0.05) is 6.42 Å². The maximum Gasteiger partial charge on any atom is 0.408 e. The van der Waals surface area contributed by atoms with Gasteiger partial charge in [-0.3, -0.25) is 9.63 Å². The van der Waals surface area contributed by atoms with Gasteiger partial charge in [0.15, 0.2) is 5.60 Å². The Morgan fingerprint density at radius 3 is 1.51 bits per heavy atom. The molecule has 1 unspecified atom stereocenters. The largest absolute Gasteiger partial charge is 0.489 e. The van der Waals surface area contributed by atoms with Crippen LogP contribution in [0, 0.1) is 0 Å². The molecule has 5 rings (SSSR count). The van der Waals surface area contributed by atoms with Crippen molar-refractivity contribution in [2.24, 2.45) is 0 Å². The minimum atomic E-state index is -1.19. The maximum atomic E-state index is 14.1. The fraction of sp³-hybridized carbons (Fsp3) is 0.273. The smallest absolute Gasteiger partial charge is 0.408 e. The maximum absolute atomic E-state index is 14.1. The molecule has 1 atom stereocenters. The number of amides is 2. The van der Waals surface area contributed by atoms with Crippen LogP contribution in [0.4, 0.5) is 4.79 Å². The van der Waals surface area contributed by atoms with Gasteiger partial charge in [-0.25, -0.2) is 10.3 Å². The molecule has 5 aromatic carbocycles.